The minimum atomic E-state index is -1.09. The molecule has 0 amide bonds. The first-order valence-electron chi connectivity index (χ1n) is 7.67. The van der Waals surface area contributed by atoms with Crippen molar-refractivity contribution >= 4 is 5.82 Å². The zero-order chi connectivity index (χ0) is 16.1. The van der Waals surface area contributed by atoms with Gasteiger partial charge in [0.25, 0.3) is 0 Å². The smallest absolute Gasteiger partial charge is 0.139 e. The van der Waals surface area contributed by atoms with Crippen molar-refractivity contribution in [3.63, 3.8) is 0 Å². The lowest BCUT2D eigenvalue weighted by Crippen LogP contribution is -2.49. The molecule has 3 rings (SSSR count). The van der Waals surface area contributed by atoms with Crippen molar-refractivity contribution in [3.8, 4) is 5.75 Å². The number of aliphatic hydroxyl groups is 1. The fourth-order valence-electron chi connectivity index (χ4n) is 2.55. The number of ether oxygens (including phenoxy) is 2. The molecule has 23 heavy (non-hydrogen) atoms. The molecule has 2 aromatic rings. The van der Waals surface area contributed by atoms with E-state index in [1.165, 1.54) is 0 Å². The highest BCUT2D eigenvalue weighted by atomic mass is 16.5. The molecular formula is C17H21N3O3. The summed E-state index contributed by atoms with van der Waals surface area (Å²) in [4.78, 5) is 10.6. The number of anilines is 1. The minimum Gasteiger partial charge on any atom is -0.490 e. The number of para-hydroxylation sites is 1. The second kappa shape index (κ2) is 6.93. The first-order valence-corrected chi connectivity index (χ1v) is 7.67. The normalized spacial score (nSPS) is 21.7. The van der Waals surface area contributed by atoms with E-state index >= 15 is 0 Å². The molecule has 0 unspecified atom stereocenters. The van der Waals surface area contributed by atoms with Gasteiger partial charge in [-0.25, -0.2) is 9.97 Å². The summed E-state index contributed by atoms with van der Waals surface area (Å²) in [6.07, 6.45) is 1.73. The Hall–Kier alpha value is -2.18. The van der Waals surface area contributed by atoms with Gasteiger partial charge in [0.15, 0.2) is 0 Å². The molecule has 0 bridgehead atoms. The van der Waals surface area contributed by atoms with Crippen LogP contribution >= 0.6 is 0 Å². The summed E-state index contributed by atoms with van der Waals surface area (Å²) in [5.74, 6) is 2.23. The number of hydrogen-bond donors (Lipinski definition) is 1. The van der Waals surface area contributed by atoms with Crippen LogP contribution in [-0.4, -0.2) is 53.6 Å². The van der Waals surface area contributed by atoms with Crippen LogP contribution in [0.5, 0.6) is 5.75 Å². The summed E-state index contributed by atoms with van der Waals surface area (Å²) >= 11 is 0. The second-order valence-corrected chi connectivity index (χ2v) is 5.76. The van der Waals surface area contributed by atoms with Gasteiger partial charge in [0.1, 0.15) is 29.6 Å². The largest absolute Gasteiger partial charge is 0.490 e. The summed E-state index contributed by atoms with van der Waals surface area (Å²) in [6.45, 7) is 3.86. The van der Waals surface area contributed by atoms with Crippen molar-refractivity contribution in [1.29, 1.82) is 0 Å². The van der Waals surface area contributed by atoms with E-state index in [0.717, 1.165) is 11.6 Å². The van der Waals surface area contributed by atoms with E-state index < -0.39 is 5.60 Å². The van der Waals surface area contributed by atoms with E-state index in [2.05, 4.69) is 9.97 Å². The van der Waals surface area contributed by atoms with E-state index in [1.54, 1.807) is 6.20 Å². The zero-order valence-corrected chi connectivity index (χ0v) is 13.2. The van der Waals surface area contributed by atoms with Gasteiger partial charge in [-0.3, -0.25) is 0 Å². The van der Waals surface area contributed by atoms with Crippen LogP contribution in [0.15, 0.2) is 42.6 Å². The number of benzene rings is 1. The molecule has 1 aromatic heterocycles. The van der Waals surface area contributed by atoms with Gasteiger partial charge in [-0.1, -0.05) is 18.2 Å². The first-order chi connectivity index (χ1) is 11.1. The van der Waals surface area contributed by atoms with Crippen molar-refractivity contribution in [2.24, 2.45) is 0 Å². The van der Waals surface area contributed by atoms with E-state index in [0.29, 0.717) is 25.5 Å². The van der Waals surface area contributed by atoms with E-state index in [1.807, 2.05) is 48.2 Å². The monoisotopic (exact) mass is 315 g/mol. The van der Waals surface area contributed by atoms with Gasteiger partial charge >= 0.3 is 0 Å². The highest BCUT2D eigenvalue weighted by Gasteiger charge is 2.34. The summed E-state index contributed by atoms with van der Waals surface area (Å²) in [5, 5.41) is 10.9. The Morgan fingerprint density at radius 1 is 1.30 bits per heavy atom. The molecule has 6 nitrogen and oxygen atoms in total. The maximum atomic E-state index is 10.9. The maximum absolute atomic E-state index is 10.9. The summed E-state index contributed by atoms with van der Waals surface area (Å²) in [5.41, 5.74) is -1.09. The fourth-order valence-corrected chi connectivity index (χ4v) is 2.55. The fraction of sp³-hybridized carbons (Fsp3) is 0.412. The van der Waals surface area contributed by atoms with Gasteiger partial charge in [0.05, 0.1) is 19.8 Å². The van der Waals surface area contributed by atoms with Crippen LogP contribution in [0, 0.1) is 6.92 Å². The van der Waals surface area contributed by atoms with Gasteiger partial charge < -0.3 is 19.5 Å². The number of rotatable bonds is 4. The van der Waals surface area contributed by atoms with Gasteiger partial charge in [0.2, 0.25) is 0 Å². The number of hydrogen-bond acceptors (Lipinski definition) is 6. The molecule has 1 aromatic carbocycles. The number of aromatic nitrogens is 2. The molecule has 0 spiro atoms. The molecule has 1 fully saturated rings. The van der Waals surface area contributed by atoms with Crippen LogP contribution in [0.2, 0.25) is 0 Å². The third kappa shape index (κ3) is 4.18. The molecule has 1 aliphatic rings. The average molecular weight is 315 g/mol. The Morgan fingerprint density at radius 2 is 2.13 bits per heavy atom. The molecule has 1 aliphatic heterocycles. The maximum Gasteiger partial charge on any atom is 0.139 e. The zero-order valence-electron chi connectivity index (χ0n) is 13.2. The lowest BCUT2D eigenvalue weighted by atomic mass is 10.1. The van der Waals surface area contributed by atoms with E-state index in [4.69, 9.17) is 9.47 Å². The molecule has 1 saturated heterocycles. The molecule has 0 saturated carbocycles. The van der Waals surface area contributed by atoms with Crippen molar-refractivity contribution < 1.29 is 14.6 Å². The van der Waals surface area contributed by atoms with E-state index in [9.17, 15) is 5.11 Å². The van der Waals surface area contributed by atoms with Crippen LogP contribution in [-0.2, 0) is 4.74 Å². The van der Waals surface area contributed by atoms with Crippen LogP contribution < -0.4 is 9.64 Å². The third-order valence-electron chi connectivity index (χ3n) is 3.70. The SMILES string of the molecule is Cc1nccc(N2CCOC[C@](O)(COc3ccccc3)C2)n1. The Labute approximate surface area is 135 Å². The molecule has 122 valence electrons. The van der Waals surface area contributed by atoms with Crippen LogP contribution in [0.1, 0.15) is 5.82 Å². The molecule has 1 atom stereocenters. The number of aryl methyl sites for hydroxylation is 1. The van der Waals surface area contributed by atoms with Crippen LogP contribution in [0.4, 0.5) is 5.82 Å². The van der Waals surface area contributed by atoms with Gasteiger partial charge in [-0.15, -0.1) is 0 Å². The summed E-state index contributed by atoms with van der Waals surface area (Å²) in [6, 6.07) is 11.3. The van der Waals surface area contributed by atoms with Gasteiger partial charge in [-0.2, -0.15) is 0 Å². The first kappa shape index (κ1) is 15.7. The quantitative estimate of drug-likeness (QED) is 0.921. The molecule has 6 heteroatoms. The molecular weight excluding hydrogens is 294 g/mol. The Kier molecular flexibility index (Phi) is 4.73. The topological polar surface area (TPSA) is 67.7 Å². The minimum absolute atomic E-state index is 0.164. The van der Waals surface area contributed by atoms with Gasteiger partial charge in [-0.05, 0) is 25.1 Å². The number of β-amino-alcohol motifs (C(OH)–C–C–N with tert-alkyl or cyclic N) is 1. The van der Waals surface area contributed by atoms with Crippen molar-refractivity contribution in [2.75, 3.05) is 37.8 Å². The molecule has 1 N–H and O–H groups in total. The molecule has 2 heterocycles. The third-order valence-corrected chi connectivity index (χ3v) is 3.70. The molecule has 0 aliphatic carbocycles. The Balaban J connectivity index is 1.70. The van der Waals surface area contributed by atoms with Crippen LogP contribution in [0.25, 0.3) is 0 Å². The second-order valence-electron chi connectivity index (χ2n) is 5.76. The van der Waals surface area contributed by atoms with Crippen molar-refractivity contribution in [1.82, 2.24) is 9.97 Å². The highest BCUT2D eigenvalue weighted by Crippen LogP contribution is 2.20. The highest BCUT2D eigenvalue weighted by molar-refractivity contribution is 5.38. The van der Waals surface area contributed by atoms with Crippen LogP contribution in [0.3, 0.4) is 0 Å². The number of nitrogens with zero attached hydrogens (tertiary/aromatic N) is 3. The molecule has 0 radical (unpaired) electrons. The summed E-state index contributed by atoms with van der Waals surface area (Å²) < 4.78 is 11.3. The van der Waals surface area contributed by atoms with Crippen molar-refractivity contribution in [3.05, 3.63) is 48.4 Å². The lowest BCUT2D eigenvalue weighted by Gasteiger charge is -2.31. The van der Waals surface area contributed by atoms with E-state index in [-0.39, 0.29) is 13.2 Å². The predicted molar refractivity (Wildman–Crippen MR) is 86.7 cm³/mol. The average Bonchev–Trinajstić information content (AvgIpc) is 2.77. The van der Waals surface area contributed by atoms with Gasteiger partial charge in [0, 0.05) is 12.7 Å². The Bertz CT molecular complexity index is 638. The Morgan fingerprint density at radius 3 is 2.91 bits per heavy atom. The van der Waals surface area contributed by atoms with Crippen molar-refractivity contribution in [2.45, 2.75) is 12.5 Å². The standard InChI is InChI=1S/C17H21N3O3/c1-14-18-8-7-16(19-14)20-9-10-22-12-17(21,11-20)13-23-15-5-3-2-4-6-15/h2-8,21H,9-13H2,1H3/t17-/m0/s1. The lowest BCUT2D eigenvalue weighted by molar-refractivity contribution is -0.0536. The predicted octanol–water partition coefficient (Wildman–Crippen LogP) is 1.43. The summed E-state index contributed by atoms with van der Waals surface area (Å²) in [7, 11) is 0.